The van der Waals surface area contributed by atoms with Crippen molar-refractivity contribution in [3.05, 3.63) is 58.9 Å². The predicted molar refractivity (Wildman–Crippen MR) is 81.8 cm³/mol. The highest BCUT2D eigenvalue weighted by Crippen LogP contribution is 2.20. The first-order valence-corrected chi connectivity index (χ1v) is 6.59. The van der Waals surface area contributed by atoms with Crippen LogP contribution in [0.1, 0.15) is 10.4 Å². The average Bonchev–Trinajstić information content (AvgIpc) is 2.50. The van der Waals surface area contributed by atoms with E-state index in [-0.39, 0.29) is 10.6 Å². The molecule has 0 radical (unpaired) electrons. The Bertz CT molecular complexity index is 722. The number of methoxy groups -OCH3 is 1. The minimum absolute atomic E-state index is 0.104. The number of carbonyl (C=O) groups excluding carboxylic acids is 2. The first-order chi connectivity index (χ1) is 10.5. The Morgan fingerprint density at radius 2 is 1.86 bits per heavy atom. The number of anilines is 2. The Labute approximate surface area is 131 Å². The predicted octanol–water partition coefficient (Wildman–Crippen LogP) is 3.91. The van der Waals surface area contributed by atoms with Gasteiger partial charge in [0.1, 0.15) is 5.82 Å². The van der Waals surface area contributed by atoms with Crippen LogP contribution in [-0.4, -0.2) is 19.1 Å². The summed E-state index contributed by atoms with van der Waals surface area (Å²) in [7, 11) is 1.25. The van der Waals surface area contributed by atoms with E-state index in [4.69, 9.17) is 11.6 Å². The summed E-state index contributed by atoms with van der Waals surface area (Å²) < 4.78 is 17.7. The number of hydrogen-bond acceptors (Lipinski definition) is 3. The summed E-state index contributed by atoms with van der Waals surface area (Å²) in [5, 5.41) is 4.91. The van der Waals surface area contributed by atoms with Gasteiger partial charge in [-0.05, 0) is 30.3 Å². The molecule has 0 unspecified atom stereocenters. The van der Waals surface area contributed by atoms with Crippen LogP contribution in [0, 0.1) is 5.82 Å². The molecule has 114 valence electrons. The fourth-order valence-corrected chi connectivity index (χ4v) is 1.92. The highest BCUT2D eigenvalue weighted by Gasteiger charge is 2.13. The largest absolute Gasteiger partial charge is 0.465 e. The standard InChI is InChI=1S/C15H12ClFN2O3/c1-22-14(20)10-4-2-3-5-13(10)19-15(21)18-9-6-7-12(17)11(16)8-9/h2-8H,1H3,(H2,18,19,21). The maximum absolute atomic E-state index is 13.1. The van der Waals surface area contributed by atoms with Crippen molar-refractivity contribution in [1.29, 1.82) is 0 Å². The van der Waals surface area contributed by atoms with E-state index in [1.807, 2.05) is 0 Å². The molecular weight excluding hydrogens is 311 g/mol. The van der Waals surface area contributed by atoms with Gasteiger partial charge in [-0.1, -0.05) is 23.7 Å². The highest BCUT2D eigenvalue weighted by atomic mass is 35.5. The summed E-state index contributed by atoms with van der Waals surface area (Å²) in [6, 6.07) is 9.58. The van der Waals surface area contributed by atoms with E-state index in [9.17, 15) is 14.0 Å². The molecular formula is C15H12ClFN2O3. The molecule has 0 aliphatic heterocycles. The van der Waals surface area contributed by atoms with Gasteiger partial charge in [0.25, 0.3) is 0 Å². The van der Waals surface area contributed by atoms with Crippen molar-refractivity contribution in [3.8, 4) is 0 Å². The van der Waals surface area contributed by atoms with Crippen LogP contribution in [0.25, 0.3) is 0 Å². The van der Waals surface area contributed by atoms with Crippen molar-refractivity contribution in [2.24, 2.45) is 0 Å². The van der Waals surface area contributed by atoms with E-state index >= 15 is 0 Å². The van der Waals surface area contributed by atoms with Gasteiger partial charge in [-0.3, -0.25) is 0 Å². The number of esters is 1. The zero-order valence-corrected chi connectivity index (χ0v) is 12.3. The van der Waals surface area contributed by atoms with Crippen LogP contribution < -0.4 is 10.6 Å². The third-order valence-corrected chi connectivity index (χ3v) is 3.05. The molecule has 7 heteroatoms. The monoisotopic (exact) mass is 322 g/mol. The van der Waals surface area contributed by atoms with Gasteiger partial charge in [-0.25, -0.2) is 14.0 Å². The minimum Gasteiger partial charge on any atom is -0.465 e. The van der Waals surface area contributed by atoms with Gasteiger partial charge < -0.3 is 15.4 Å². The van der Waals surface area contributed by atoms with Crippen molar-refractivity contribution in [1.82, 2.24) is 0 Å². The summed E-state index contributed by atoms with van der Waals surface area (Å²) in [5.41, 5.74) is 0.830. The quantitative estimate of drug-likeness (QED) is 0.842. The number of ether oxygens (including phenoxy) is 1. The molecule has 2 N–H and O–H groups in total. The van der Waals surface area contributed by atoms with Crippen LogP contribution in [0.5, 0.6) is 0 Å². The van der Waals surface area contributed by atoms with Crippen molar-refractivity contribution in [2.45, 2.75) is 0 Å². The molecule has 22 heavy (non-hydrogen) atoms. The summed E-state index contributed by atoms with van der Waals surface area (Å²) in [5.74, 6) is -1.15. The number of urea groups is 1. The second-order valence-corrected chi connectivity index (χ2v) is 4.65. The summed E-state index contributed by atoms with van der Waals surface area (Å²) >= 11 is 5.64. The average molecular weight is 323 g/mol. The number of amides is 2. The van der Waals surface area contributed by atoms with E-state index in [1.54, 1.807) is 18.2 Å². The van der Waals surface area contributed by atoms with Crippen molar-refractivity contribution in [2.75, 3.05) is 17.7 Å². The Morgan fingerprint density at radius 1 is 1.14 bits per heavy atom. The molecule has 0 fully saturated rings. The maximum Gasteiger partial charge on any atom is 0.339 e. The minimum atomic E-state index is -0.598. The number of rotatable bonds is 3. The second kappa shape index (κ2) is 6.91. The fraction of sp³-hybridized carbons (Fsp3) is 0.0667. The second-order valence-electron chi connectivity index (χ2n) is 4.25. The molecule has 2 amide bonds. The summed E-state index contributed by atoms with van der Waals surface area (Å²) in [6.45, 7) is 0. The van der Waals surface area contributed by atoms with Crippen LogP contribution in [-0.2, 0) is 4.74 Å². The lowest BCUT2D eigenvalue weighted by atomic mass is 10.2. The number of nitrogens with one attached hydrogen (secondary N) is 2. The molecule has 0 saturated heterocycles. The first kappa shape index (κ1) is 15.8. The van der Waals surface area contributed by atoms with E-state index in [1.165, 1.54) is 25.3 Å². The van der Waals surface area contributed by atoms with Crippen LogP contribution in [0.4, 0.5) is 20.6 Å². The molecule has 0 heterocycles. The Kier molecular flexibility index (Phi) is 4.95. The van der Waals surface area contributed by atoms with E-state index in [0.29, 0.717) is 11.4 Å². The van der Waals surface area contributed by atoms with Gasteiger partial charge in [-0.2, -0.15) is 0 Å². The number of para-hydroxylation sites is 1. The molecule has 0 bridgehead atoms. The molecule has 2 rings (SSSR count). The molecule has 0 saturated carbocycles. The lowest BCUT2D eigenvalue weighted by molar-refractivity contribution is 0.0602. The molecule has 0 aliphatic rings. The van der Waals surface area contributed by atoms with Gasteiger partial charge in [0.05, 0.1) is 23.4 Å². The molecule has 0 spiro atoms. The molecule has 0 aromatic heterocycles. The van der Waals surface area contributed by atoms with Crippen molar-refractivity contribution < 1.29 is 18.7 Å². The molecule has 0 aliphatic carbocycles. The third kappa shape index (κ3) is 3.73. The van der Waals surface area contributed by atoms with Crippen LogP contribution in [0.3, 0.4) is 0 Å². The zero-order chi connectivity index (χ0) is 16.1. The Balaban J connectivity index is 2.12. The normalized spacial score (nSPS) is 9.95. The first-order valence-electron chi connectivity index (χ1n) is 6.21. The van der Waals surface area contributed by atoms with E-state index in [2.05, 4.69) is 15.4 Å². The fourth-order valence-electron chi connectivity index (χ4n) is 1.74. The van der Waals surface area contributed by atoms with E-state index < -0.39 is 17.8 Å². The van der Waals surface area contributed by atoms with Gasteiger partial charge in [-0.15, -0.1) is 0 Å². The Hall–Kier alpha value is -2.60. The summed E-state index contributed by atoms with van der Waals surface area (Å²) in [4.78, 5) is 23.5. The molecule has 2 aromatic carbocycles. The van der Waals surface area contributed by atoms with E-state index in [0.717, 1.165) is 6.07 Å². The molecule has 2 aromatic rings. The van der Waals surface area contributed by atoms with Crippen LogP contribution >= 0.6 is 11.6 Å². The van der Waals surface area contributed by atoms with Crippen molar-refractivity contribution >= 4 is 35.0 Å². The Morgan fingerprint density at radius 3 is 2.55 bits per heavy atom. The van der Waals surface area contributed by atoms with Crippen LogP contribution in [0.2, 0.25) is 5.02 Å². The molecule has 0 atom stereocenters. The lowest BCUT2D eigenvalue weighted by Gasteiger charge is -2.11. The SMILES string of the molecule is COC(=O)c1ccccc1NC(=O)Nc1ccc(F)c(Cl)c1. The number of carbonyl (C=O) groups is 2. The van der Waals surface area contributed by atoms with Gasteiger partial charge in [0.2, 0.25) is 0 Å². The van der Waals surface area contributed by atoms with Crippen molar-refractivity contribution in [3.63, 3.8) is 0 Å². The van der Waals surface area contributed by atoms with Gasteiger partial charge >= 0.3 is 12.0 Å². The number of hydrogen-bond donors (Lipinski definition) is 2. The number of halogens is 2. The smallest absolute Gasteiger partial charge is 0.339 e. The zero-order valence-electron chi connectivity index (χ0n) is 11.5. The van der Waals surface area contributed by atoms with Gasteiger partial charge in [0.15, 0.2) is 0 Å². The lowest BCUT2D eigenvalue weighted by Crippen LogP contribution is -2.21. The number of benzene rings is 2. The third-order valence-electron chi connectivity index (χ3n) is 2.76. The van der Waals surface area contributed by atoms with Gasteiger partial charge in [0, 0.05) is 5.69 Å². The topological polar surface area (TPSA) is 67.4 Å². The van der Waals surface area contributed by atoms with Crippen LogP contribution in [0.15, 0.2) is 42.5 Å². The highest BCUT2D eigenvalue weighted by molar-refractivity contribution is 6.31. The summed E-state index contributed by atoms with van der Waals surface area (Å²) in [6.07, 6.45) is 0. The molecule has 5 nitrogen and oxygen atoms in total. The maximum atomic E-state index is 13.1.